The average molecular weight is 230 g/mol. The first-order valence-electron chi connectivity index (χ1n) is 6.46. The fourth-order valence-electron chi connectivity index (χ4n) is 2.78. The number of hydrogen-bond acceptors (Lipinski definition) is 2. The maximum Gasteiger partial charge on any atom is 0.228 e. The Hall–Kier alpha value is -1.35. The van der Waals surface area contributed by atoms with Gasteiger partial charge in [-0.1, -0.05) is 25.0 Å². The van der Waals surface area contributed by atoms with Crippen molar-refractivity contribution in [2.75, 3.05) is 5.32 Å². The molecule has 0 atom stereocenters. The molecule has 17 heavy (non-hydrogen) atoms. The lowest BCUT2D eigenvalue weighted by atomic mass is 10.1. The van der Waals surface area contributed by atoms with Gasteiger partial charge in [-0.05, 0) is 30.0 Å². The van der Waals surface area contributed by atoms with Crippen molar-refractivity contribution in [2.45, 2.75) is 44.7 Å². The molecule has 3 heteroatoms. The third kappa shape index (κ3) is 2.34. The maximum absolute atomic E-state index is 11.3. The summed E-state index contributed by atoms with van der Waals surface area (Å²) in [6.07, 6.45) is 5.88. The zero-order chi connectivity index (χ0) is 11.7. The van der Waals surface area contributed by atoms with Gasteiger partial charge < -0.3 is 10.6 Å². The predicted molar refractivity (Wildman–Crippen MR) is 67.9 cm³/mol. The second-order valence-electron chi connectivity index (χ2n) is 5.08. The molecule has 2 aliphatic rings. The fourth-order valence-corrected chi connectivity index (χ4v) is 2.78. The molecule has 3 nitrogen and oxygen atoms in total. The summed E-state index contributed by atoms with van der Waals surface area (Å²) in [4.78, 5) is 11.3. The molecule has 1 amide bonds. The minimum Gasteiger partial charge on any atom is -0.326 e. The molecular formula is C14H18N2O. The van der Waals surface area contributed by atoms with Crippen molar-refractivity contribution in [1.82, 2.24) is 5.32 Å². The molecule has 0 aromatic heterocycles. The Labute approximate surface area is 102 Å². The zero-order valence-electron chi connectivity index (χ0n) is 9.96. The van der Waals surface area contributed by atoms with E-state index < -0.39 is 0 Å². The van der Waals surface area contributed by atoms with E-state index in [0.29, 0.717) is 12.5 Å². The van der Waals surface area contributed by atoms with Gasteiger partial charge in [0.25, 0.3) is 0 Å². The highest BCUT2D eigenvalue weighted by molar-refractivity contribution is 5.99. The number of hydrogen-bond donors (Lipinski definition) is 2. The SMILES string of the molecule is O=C1Cc2cc(CNC3CCCC3)ccc2N1. The number of benzene rings is 1. The Bertz CT molecular complexity index is 436. The van der Waals surface area contributed by atoms with E-state index in [1.54, 1.807) is 0 Å². The van der Waals surface area contributed by atoms with E-state index >= 15 is 0 Å². The molecule has 2 N–H and O–H groups in total. The number of carbonyl (C=O) groups excluding carboxylic acids is 1. The largest absolute Gasteiger partial charge is 0.326 e. The van der Waals surface area contributed by atoms with Gasteiger partial charge in [0.05, 0.1) is 6.42 Å². The van der Waals surface area contributed by atoms with Crippen LogP contribution in [0.5, 0.6) is 0 Å². The van der Waals surface area contributed by atoms with E-state index in [9.17, 15) is 4.79 Å². The van der Waals surface area contributed by atoms with Crippen LogP contribution >= 0.6 is 0 Å². The van der Waals surface area contributed by atoms with Crippen LogP contribution in [-0.2, 0) is 17.8 Å². The van der Waals surface area contributed by atoms with Crippen molar-refractivity contribution in [2.24, 2.45) is 0 Å². The first-order valence-corrected chi connectivity index (χ1v) is 6.46. The lowest BCUT2D eigenvalue weighted by Crippen LogP contribution is -2.25. The molecule has 0 unspecified atom stereocenters. The topological polar surface area (TPSA) is 41.1 Å². The van der Waals surface area contributed by atoms with E-state index in [4.69, 9.17) is 0 Å². The minimum absolute atomic E-state index is 0.112. The van der Waals surface area contributed by atoms with E-state index in [0.717, 1.165) is 17.8 Å². The van der Waals surface area contributed by atoms with Crippen molar-refractivity contribution in [3.8, 4) is 0 Å². The number of carbonyl (C=O) groups is 1. The van der Waals surface area contributed by atoms with Crippen molar-refractivity contribution in [3.05, 3.63) is 29.3 Å². The van der Waals surface area contributed by atoms with Crippen LogP contribution in [0.4, 0.5) is 5.69 Å². The number of nitrogens with one attached hydrogen (secondary N) is 2. The van der Waals surface area contributed by atoms with E-state index in [1.807, 2.05) is 6.07 Å². The summed E-state index contributed by atoms with van der Waals surface area (Å²) < 4.78 is 0. The highest BCUT2D eigenvalue weighted by Gasteiger charge is 2.18. The van der Waals surface area contributed by atoms with Gasteiger partial charge in [0.1, 0.15) is 0 Å². The normalized spacial score (nSPS) is 19.4. The monoisotopic (exact) mass is 230 g/mol. The molecule has 1 aromatic carbocycles. The minimum atomic E-state index is 0.112. The molecule has 3 rings (SSSR count). The molecule has 0 saturated heterocycles. The smallest absolute Gasteiger partial charge is 0.228 e. The summed E-state index contributed by atoms with van der Waals surface area (Å²) in [7, 11) is 0. The lowest BCUT2D eigenvalue weighted by Gasteiger charge is -2.12. The Morgan fingerprint density at radius 3 is 2.94 bits per heavy atom. The molecule has 0 bridgehead atoms. The zero-order valence-corrected chi connectivity index (χ0v) is 9.96. The summed E-state index contributed by atoms with van der Waals surface area (Å²) in [6.45, 7) is 0.923. The van der Waals surface area contributed by atoms with E-state index in [-0.39, 0.29) is 5.91 Å². The number of amides is 1. The van der Waals surface area contributed by atoms with E-state index in [1.165, 1.54) is 31.2 Å². The molecule has 0 spiro atoms. The summed E-state index contributed by atoms with van der Waals surface area (Å²) in [6, 6.07) is 6.97. The molecule has 0 radical (unpaired) electrons. The van der Waals surface area contributed by atoms with Gasteiger partial charge >= 0.3 is 0 Å². The average Bonchev–Trinajstić information content (AvgIpc) is 2.92. The van der Waals surface area contributed by atoms with Crippen LogP contribution in [0.15, 0.2) is 18.2 Å². The predicted octanol–water partition coefficient (Wildman–Crippen LogP) is 2.21. The van der Waals surface area contributed by atoms with Crippen molar-refractivity contribution in [3.63, 3.8) is 0 Å². The van der Waals surface area contributed by atoms with Crippen molar-refractivity contribution in [1.29, 1.82) is 0 Å². The lowest BCUT2D eigenvalue weighted by molar-refractivity contribution is -0.115. The van der Waals surface area contributed by atoms with Crippen LogP contribution in [0.1, 0.15) is 36.8 Å². The highest BCUT2D eigenvalue weighted by atomic mass is 16.1. The Morgan fingerprint density at radius 1 is 1.29 bits per heavy atom. The van der Waals surface area contributed by atoms with Crippen LogP contribution in [0.2, 0.25) is 0 Å². The summed E-state index contributed by atoms with van der Waals surface area (Å²) in [5, 5.41) is 6.46. The summed E-state index contributed by atoms with van der Waals surface area (Å²) >= 11 is 0. The van der Waals surface area contributed by atoms with Crippen LogP contribution < -0.4 is 10.6 Å². The molecule has 1 aliphatic carbocycles. The number of anilines is 1. The Morgan fingerprint density at radius 2 is 2.12 bits per heavy atom. The van der Waals surface area contributed by atoms with Gasteiger partial charge in [-0.15, -0.1) is 0 Å². The van der Waals surface area contributed by atoms with Crippen LogP contribution in [0, 0.1) is 0 Å². The third-order valence-electron chi connectivity index (χ3n) is 3.74. The second kappa shape index (κ2) is 4.49. The van der Waals surface area contributed by atoms with Crippen LogP contribution in [0.3, 0.4) is 0 Å². The molecule has 90 valence electrons. The quantitative estimate of drug-likeness (QED) is 0.836. The molecule has 1 saturated carbocycles. The molecule has 1 heterocycles. The molecular weight excluding hydrogens is 212 g/mol. The standard InChI is InChI=1S/C14H18N2O/c17-14-8-11-7-10(5-6-13(11)16-14)9-15-12-3-1-2-4-12/h5-7,12,15H,1-4,8-9H2,(H,16,17). The third-order valence-corrected chi connectivity index (χ3v) is 3.74. The number of rotatable bonds is 3. The van der Waals surface area contributed by atoms with E-state index in [2.05, 4.69) is 22.8 Å². The van der Waals surface area contributed by atoms with Gasteiger partial charge in [-0.25, -0.2) is 0 Å². The van der Waals surface area contributed by atoms with Crippen LogP contribution in [-0.4, -0.2) is 11.9 Å². The summed E-state index contributed by atoms with van der Waals surface area (Å²) in [5.41, 5.74) is 3.41. The Kier molecular flexibility index (Phi) is 2.85. The highest BCUT2D eigenvalue weighted by Crippen LogP contribution is 2.24. The maximum atomic E-state index is 11.3. The molecule has 1 aromatic rings. The first-order chi connectivity index (χ1) is 8.31. The Balaban J connectivity index is 1.64. The fraction of sp³-hybridized carbons (Fsp3) is 0.500. The van der Waals surface area contributed by atoms with Crippen LogP contribution in [0.25, 0.3) is 0 Å². The number of fused-ring (bicyclic) bond motifs is 1. The second-order valence-corrected chi connectivity index (χ2v) is 5.08. The first kappa shape index (κ1) is 10.8. The van der Waals surface area contributed by atoms with Crippen molar-refractivity contribution < 1.29 is 4.79 Å². The molecule has 1 fully saturated rings. The summed E-state index contributed by atoms with van der Waals surface area (Å²) in [5.74, 6) is 0.112. The van der Waals surface area contributed by atoms with Gasteiger partial charge in [0.2, 0.25) is 5.91 Å². The van der Waals surface area contributed by atoms with Crippen molar-refractivity contribution >= 4 is 11.6 Å². The van der Waals surface area contributed by atoms with Gasteiger partial charge in [-0.3, -0.25) is 4.79 Å². The van der Waals surface area contributed by atoms with Gasteiger partial charge in [0.15, 0.2) is 0 Å². The van der Waals surface area contributed by atoms with Gasteiger partial charge in [0, 0.05) is 18.3 Å². The van der Waals surface area contributed by atoms with Gasteiger partial charge in [-0.2, -0.15) is 0 Å². The molecule has 1 aliphatic heterocycles.